The molecule has 0 amide bonds. The van der Waals surface area contributed by atoms with Gasteiger partial charge in [-0.25, -0.2) is 0 Å². The molecule has 0 N–H and O–H groups in total. The minimum atomic E-state index is -0.653. The first-order valence-electron chi connectivity index (χ1n) is 10.0. The van der Waals surface area contributed by atoms with Crippen molar-refractivity contribution in [2.24, 2.45) is 5.92 Å². The number of piperidine rings is 1. The van der Waals surface area contributed by atoms with Crippen LogP contribution in [-0.2, 0) is 0 Å². The Morgan fingerprint density at radius 2 is 2.00 bits per heavy atom. The maximum Gasteiger partial charge on any atom is 0.187 e. The molecule has 1 saturated heterocycles. The molecule has 0 aliphatic carbocycles. The van der Waals surface area contributed by atoms with Crippen LogP contribution in [0.4, 0.5) is 0 Å². The molecule has 0 unspecified atom stereocenters. The van der Waals surface area contributed by atoms with E-state index in [4.69, 9.17) is 4.74 Å². The number of rotatable bonds is 4. The molecule has 2 aromatic rings. The average Bonchev–Trinajstić information content (AvgIpc) is 2.67. The van der Waals surface area contributed by atoms with E-state index in [2.05, 4.69) is 74.9 Å². The van der Waals surface area contributed by atoms with E-state index >= 15 is 0 Å². The van der Waals surface area contributed by atoms with Crippen molar-refractivity contribution in [3.63, 3.8) is 0 Å². The molecule has 2 heterocycles. The number of nitrogens with zero attached hydrogens (tertiary/aromatic N) is 1. The van der Waals surface area contributed by atoms with Gasteiger partial charge in [0.1, 0.15) is 17.1 Å². The summed E-state index contributed by atoms with van der Waals surface area (Å²) >= 11 is 8.74. The second-order valence-electron chi connectivity index (χ2n) is 8.27. The lowest BCUT2D eigenvalue weighted by molar-refractivity contribution is 0.0785. The predicted molar refractivity (Wildman–Crippen MR) is 126 cm³/mol. The Hall–Kier alpha value is -0.820. The van der Waals surface area contributed by atoms with E-state index in [1.807, 2.05) is 12.1 Å². The lowest BCUT2D eigenvalue weighted by atomic mass is 9.92. The van der Waals surface area contributed by atoms with E-state index in [1.54, 1.807) is 11.8 Å². The first-order valence-corrected chi connectivity index (χ1v) is 12.4. The molecule has 6 heteroatoms. The lowest BCUT2D eigenvalue weighted by Crippen LogP contribution is -2.54. The van der Waals surface area contributed by atoms with Crippen molar-refractivity contribution in [2.75, 3.05) is 26.2 Å². The SMILES string of the molecule is Cc1ccc(S[C@@]2(CN3CCC[C@@H](C)C3)COc3c(Br)cc(Br)cc3C2=O)cc1. The fourth-order valence-corrected chi connectivity index (χ4v) is 6.86. The normalized spacial score (nSPS) is 24.8. The van der Waals surface area contributed by atoms with Crippen LogP contribution >= 0.6 is 43.6 Å². The number of aryl methyl sites for hydroxylation is 1. The monoisotopic (exact) mass is 537 g/mol. The number of thioether (sulfide) groups is 1. The third-order valence-corrected chi connectivity index (χ3v) is 8.05. The maximum atomic E-state index is 13.9. The van der Waals surface area contributed by atoms with Gasteiger partial charge in [0.05, 0.1) is 10.0 Å². The van der Waals surface area contributed by atoms with E-state index in [1.165, 1.54) is 18.4 Å². The Bertz CT molecular complexity index is 918. The Morgan fingerprint density at radius 1 is 1.24 bits per heavy atom. The Morgan fingerprint density at radius 3 is 2.72 bits per heavy atom. The summed E-state index contributed by atoms with van der Waals surface area (Å²) in [4.78, 5) is 17.5. The summed E-state index contributed by atoms with van der Waals surface area (Å²) in [5.74, 6) is 1.48. The van der Waals surface area contributed by atoms with E-state index in [-0.39, 0.29) is 5.78 Å². The third-order valence-electron chi connectivity index (χ3n) is 5.67. The van der Waals surface area contributed by atoms with Gasteiger partial charge >= 0.3 is 0 Å². The molecule has 2 aliphatic rings. The topological polar surface area (TPSA) is 29.5 Å². The molecule has 0 saturated carbocycles. The van der Waals surface area contributed by atoms with Crippen LogP contribution < -0.4 is 4.74 Å². The first kappa shape index (κ1) is 21.4. The van der Waals surface area contributed by atoms with Gasteiger partial charge in [0.25, 0.3) is 0 Å². The van der Waals surface area contributed by atoms with Crippen molar-refractivity contribution in [3.05, 3.63) is 56.5 Å². The zero-order valence-corrected chi connectivity index (χ0v) is 20.7. The smallest absolute Gasteiger partial charge is 0.187 e. The zero-order valence-electron chi connectivity index (χ0n) is 16.7. The number of hydrogen-bond donors (Lipinski definition) is 0. The first-order chi connectivity index (χ1) is 13.9. The molecule has 0 bridgehead atoms. The van der Waals surface area contributed by atoms with Gasteiger partial charge in [-0.3, -0.25) is 4.79 Å². The Labute approximate surface area is 193 Å². The van der Waals surface area contributed by atoms with Crippen LogP contribution in [0.1, 0.15) is 35.7 Å². The number of halogens is 2. The molecule has 0 spiro atoms. The number of ketones is 1. The molecule has 4 rings (SSSR count). The van der Waals surface area contributed by atoms with Crippen molar-refractivity contribution in [3.8, 4) is 5.75 Å². The molecular formula is C23H25Br2NO2S. The number of hydrogen-bond acceptors (Lipinski definition) is 4. The highest BCUT2D eigenvalue weighted by molar-refractivity contribution is 9.11. The van der Waals surface area contributed by atoms with Gasteiger partial charge in [-0.2, -0.15) is 0 Å². The summed E-state index contributed by atoms with van der Waals surface area (Å²) in [5.41, 5.74) is 1.87. The third kappa shape index (κ3) is 4.60. The highest BCUT2D eigenvalue weighted by atomic mass is 79.9. The van der Waals surface area contributed by atoms with Crippen LogP contribution in [-0.4, -0.2) is 41.7 Å². The number of ether oxygens (including phenoxy) is 1. The molecule has 2 atom stereocenters. The van der Waals surface area contributed by atoms with Gasteiger partial charge in [-0.1, -0.05) is 40.5 Å². The van der Waals surface area contributed by atoms with Crippen molar-refractivity contribution in [1.29, 1.82) is 0 Å². The standard InChI is InChI=1S/C23H25Br2NO2S/c1-15-5-7-18(8-6-15)29-23(13-26-9-3-4-16(2)12-26)14-28-21-19(22(23)27)10-17(24)11-20(21)25/h5-8,10-11,16H,3-4,9,12-14H2,1-2H3/t16-,23+/m1/s1. The van der Waals surface area contributed by atoms with Gasteiger partial charge < -0.3 is 9.64 Å². The molecule has 0 radical (unpaired) electrons. The summed E-state index contributed by atoms with van der Waals surface area (Å²) in [6.07, 6.45) is 2.46. The molecule has 0 aromatic heterocycles. The predicted octanol–water partition coefficient (Wildman–Crippen LogP) is 6.36. The van der Waals surface area contributed by atoms with Gasteiger partial charge in [-0.15, -0.1) is 11.8 Å². The number of Topliss-reactive ketones (excluding diaryl/α,β-unsaturated/α-hetero) is 1. The number of carbonyl (C=O) groups excluding carboxylic acids is 1. The van der Waals surface area contributed by atoms with Crippen molar-refractivity contribution in [2.45, 2.75) is 36.3 Å². The average molecular weight is 539 g/mol. The van der Waals surface area contributed by atoms with E-state index < -0.39 is 4.75 Å². The molecule has 1 fully saturated rings. The van der Waals surface area contributed by atoms with E-state index in [0.717, 1.165) is 26.9 Å². The summed E-state index contributed by atoms with van der Waals surface area (Å²) < 4.78 is 7.26. The van der Waals surface area contributed by atoms with Crippen molar-refractivity contribution >= 4 is 49.4 Å². The van der Waals surface area contributed by atoms with Gasteiger partial charge in [-0.05, 0) is 72.4 Å². The van der Waals surface area contributed by atoms with Gasteiger partial charge in [0.2, 0.25) is 0 Å². The highest BCUT2D eigenvalue weighted by Crippen LogP contribution is 2.45. The minimum absolute atomic E-state index is 0.157. The Kier molecular flexibility index (Phi) is 6.45. The zero-order chi connectivity index (χ0) is 20.6. The minimum Gasteiger partial charge on any atom is -0.490 e. The number of benzene rings is 2. The van der Waals surface area contributed by atoms with Gasteiger partial charge in [0, 0.05) is 22.5 Å². The fourth-order valence-electron chi connectivity index (χ4n) is 4.22. The molecular weight excluding hydrogens is 514 g/mol. The molecule has 2 aromatic carbocycles. The fraction of sp³-hybridized carbons (Fsp3) is 0.435. The number of likely N-dealkylation sites (tertiary alicyclic amines) is 1. The van der Waals surface area contributed by atoms with Crippen LogP contribution in [0, 0.1) is 12.8 Å². The van der Waals surface area contributed by atoms with Crippen molar-refractivity contribution < 1.29 is 9.53 Å². The van der Waals surface area contributed by atoms with Crippen LogP contribution in [0.5, 0.6) is 5.75 Å². The Balaban J connectivity index is 1.71. The van der Waals surface area contributed by atoms with Crippen LogP contribution in [0.2, 0.25) is 0 Å². The summed E-state index contributed by atoms with van der Waals surface area (Å²) in [6, 6.07) is 12.3. The van der Waals surface area contributed by atoms with E-state index in [0.29, 0.717) is 30.4 Å². The number of carbonyl (C=O) groups is 1. The van der Waals surface area contributed by atoms with Gasteiger partial charge in [0.15, 0.2) is 5.78 Å². The molecule has 3 nitrogen and oxygen atoms in total. The highest BCUT2D eigenvalue weighted by Gasteiger charge is 2.47. The molecule has 29 heavy (non-hydrogen) atoms. The second-order valence-corrected chi connectivity index (χ2v) is 11.5. The quantitative estimate of drug-likeness (QED) is 0.453. The molecule has 154 valence electrons. The summed E-state index contributed by atoms with van der Waals surface area (Å²) in [6.45, 7) is 7.55. The largest absolute Gasteiger partial charge is 0.490 e. The van der Waals surface area contributed by atoms with Crippen LogP contribution in [0.3, 0.4) is 0 Å². The summed E-state index contributed by atoms with van der Waals surface area (Å²) in [7, 11) is 0. The van der Waals surface area contributed by atoms with Crippen LogP contribution in [0.15, 0.2) is 50.2 Å². The van der Waals surface area contributed by atoms with Crippen molar-refractivity contribution in [1.82, 2.24) is 4.90 Å². The summed E-state index contributed by atoms with van der Waals surface area (Å²) in [5, 5.41) is 0. The maximum absolute atomic E-state index is 13.9. The van der Waals surface area contributed by atoms with Crippen LogP contribution in [0.25, 0.3) is 0 Å². The molecule has 2 aliphatic heterocycles. The van der Waals surface area contributed by atoms with E-state index in [9.17, 15) is 4.79 Å². The lowest BCUT2D eigenvalue weighted by Gasteiger charge is -2.41. The second kappa shape index (κ2) is 8.74. The number of fused-ring (bicyclic) bond motifs is 1.